The third-order valence-corrected chi connectivity index (χ3v) is 7.03. The molecule has 0 N–H and O–H groups in total. The van der Waals surface area contributed by atoms with Crippen molar-refractivity contribution in [1.29, 1.82) is 0 Å². The Morgan fingerprint density at radius 1 is 0.906 bits per heavy atom. The first-order valence-corrected chi connectivity index (χ1v) is 12.2. The van der Waals surface area contributed by atoms with Gasteiger partial charge in [0.15, 0.2) is 0 Å². The molecule has 0 bridgehead atoms. The van der Waals surface area contributed by atoms with Crippen LogP contribution in [0.3, 0.4) is 0 Å². The third-order valence-electron chi connectivity index (χ3n) is 7.03. The number of piperidine rings is 1. The summed E-state index contributed by atoms with van der Waals surface area (Å²) in [6.45, 7) is 8.72. The molecule has 0 radical (unpaired) electrons. The van der Waals surface area contributed by atoms with Crippen molar-refractivity contribution in [3.8, 4) is 5.75 Å². The maximum atomic E-state index is 12.8. The van der Waals surface area contributed by atoms with E-state index in [4.69, 9.17) is 4.74 Å². The van der Waals surface area contributed by atoms with E-state index in [2.05, 4.69) is 45.9 Å². The Kier molecular flexibility index (Phi) is 8.05. The minimum atomic E-state index is 0.338. The van der Waals surface area contributed by atoms with Gasteiger partial charge in [-0.15, -0.1) is 0 Å². The molecule has 0 unspecified atom stereocenters. The van der Waals surface area contributed by atoms with Crippen molar-refractivity contribution in [1.82, 2.24) is 9.80 Å². The fraction of sp³-hybridized carbons (Fsp3) is 0.519. The quantitative estimate of drug-likeness (QED) is 0.620. The largest absolute Gasteiger partial charge is 0.492 e. The lowest BCUT2D eigenvalue weighted by atomic mass is 9.91. The highest BCUT2D eigenvalue weighted by atomic mass is 16.5. The number of likely N-dealkylation sites (tertiary alicyclic amines) is 1. The van der Waals surface area contributed by atoms with Gasteiger partial charge in [0.2, 0.25) is 5.91 Å². The van der Waals surface area contributed by atoms with Crippen LogP contribution in [0.2, 0.25) is 0 Å². The maximum Gasteiger partial charge on any atom is 0.222 e. The van der Waals surface area contributed by atoms with Gasteiger partial charge in [-0.3, -0.25) is 9.69 Å². The Balaban J connectivity index is 1.12. The Morgan fingerprint density at radius 3 is 2.19 bits per heavy atom. The van der Waals surface area contributed by atoms with Crippen LogP contribution in [-0.4, -0.2) is 67.6 Å². The van der Waals surface area contributed by atoms with Crippen LogP contribution in [0, 0.1) is 5.92 Å². The minimum Gasteiger partial charge on any atom is -0.492 e. The zero-order valence-electron chi connectivity index (χ0n) is 19.4. The molecule has 2 aliphatic rings. The maximum absolute atomic E-state index is 12.8. The predicted octanol–water partition coefficient (Wildman–Crippen LogP) is 4.29. The van der Waals surface area contributed by atoms with Crippen molar-refractivity contribution in [2.75, 3.05) is 50.8 Å². The minimum absolute atomic E-state index is 0.338. The molecule has 2 aromatic rings. The summed E-state index contributed by atoms with van der Waals surface area (Å²) < 4.78 is 5.93. The highest BCUT2D eigenvalue weighted by molar-refractivity contribution is 5.76. The number of benzene rings is 2. The molecule has 4 rings (SSSR count). The average molecular weight is 436 g/mol. The van der Waals surface area contributed by atoms with Crippen LogP contribution >= 0.6 is 0 Å². The molecule has 1 amide bonds. The van der Waals surface area contributed by atoms with E-state index in [1.165, 1.54) is 18.5 Å². The van der Waals surface area contributed by atoms with Crippen molar-refractivity contribution < 1.29 is 9.53 Å². The first-order chi connectivity index (χ1) is 15.7. The molecule has 0 aliphatic carbocycles. The number of anilines is 1. The molecular weight excluding hydrogens is 398 g/mol. The number of hydrogen-bond donors (Lipinski definition) is 0. The number of carbonyl (C=O) groups excluding carboxylic acids is 1. The van der Waals surface area contributed by atoms with Crippen molar-refractivity contribution in [3.63, 3.8) is 0 Å². The van der Waals surface area contributed by atoms with Gasteiger partial charge >= 0.3 is 0 Å². The van der Waals surface area contributed by atoms with E-state index < -0.39 is 0 Å². The fourth-order valence-electron chi connectivity index (χ4n) is 4.86. The molecule has 2 aliphatic heterocycles. The lowest BCUT2D eigenvalue weighted by Crippen LogP contribution is -2.49. The molecule has 0 aromatic heterocycles. The second kappa shape index (κ2) is 11.4. The smallest absolute Gasteiger partial charge is 0.222 e. The zero-order valence-corrected chi connectivity index (χ0v) is 19.4. The average Bonchev–Trinajstić information content (AvgIpc) is 2.87. The van der Waals surface area contributed by atoms with Crippen LogP contribution in [0.1, 0.15) is 32.6 Å². The number of carbonyl (C=O) groups is 1. The highest BCUT2D eigenvalue weighted by Gasteiger charge is 2.25. The van der Waals surface area contributed by atoms with Crippen LogP contribution in [0.25, 0.3) is 0 Å². The molecule has 2 aromatic carbocycles. The second-order valence-electron chi connectivity index (χ2n) is 9.19. The summed E-state index contributed by atoms with van der Waals surface area (Å²) in [5.41, 5.74) is 1.26. The predicted molar refractivity (Wildman–Crippen MR) is 130 cm³/mol. The molecule has 0 saturated carbocycles. The molecular formula is C27H37N3O2. The SMILES string of the molecule is C[C@@H](COc1ccccc1)N1CCC(CCC(=O)N2CCN(c3ccccc3)CC2)CC1. The monoisotopic (exact) mass is 435 g/mol. The summed E-state index contributed by atoms with van der Waals surface area (Å²) in [5, 5.41) is 0. The lowest BCUT2D eigenvalue weighted by Gasteiger charge is -2.37. The number of amides is 1. The van der Waals surface area contributed by atoms with E-state index in [9.17, 15) is 4.79 Å². The molecule has 0 spiro atoms. The van der Waals surface area contributed by atoms with E-state index in [1.807, 2.05) is 36.4 Å². The topological polar surface area (TPSA) is 36.0 Å². The fourth-order valence-corrected chi connectivity index (χ4v) is 4.86. The summed E-state index contributed by atoms with van der Waals surface area (Å²) in [5.74, 6) is 1.95. The summed E-state index contributed by atoms with van der Waals surface area (Å²) in [7, 11) is 0. The van der Waals surface area contributed by atoms with E-state index in [-0.39, 0.29) is 0 Å². The van der Waals surface area contributed by atoms with Gasteiger partial charge in [0.1, 0.15) is 12.4 Å². The first-order valence-electron chi connectivity index (χ1n) is 12.2. The summed E-state index contributed by atoms with van der Waals surface area (Å²) in [6, 6.07) is 21.0. The molecule has 2 heterocycles. The molecule has 2 fully saturated rings. The van der Waals surface area contributed by atoms with E-state index in [0.717, 1.165) is 58.0 Å². The molecule has 172 valence electrons. The van der Waals surface area contributed by atoms with Crippen LogP contribution in [0.15, 0.2) is 60.7 Å². The van der Waals surface area contributed by atoms with Gasteiger partial charge in [-0.05, 0) is 69.5 Å². The van der Waals surface area contributed by atoms with Crippen molar-refractivity contribution in [2.24, 2.45) is 5.92 Å². The number of nitrogens with zero attached hydrogens (tertiary/aromatic N) is 3. The van der Waals surface area contributed by atoms with Gasteiger partial charge in [-0.1, -0.05) is 36.4 Å². The van der Waals surface area contributed by atoms with Gasteiger partial charge in [0.05, 0.1) is 0 Å². The molecule has 5 heteroatoms. The highest BCUT2D eigenvalue weighted by Crippen LogP contribution is 2.24. The number of hydrogen-bond acceptors (Lipinski definition) is 4. The van der Waals surface area contributed by atoms with Crippen molar-refractivity contribution >= 4 is 11.6 Å². The molecule has 1 atom stereocenters. The van der Waals surface area contributed by atoms with Crippen molar-refractivity contribution in [3.05, 3.63) is 60.7 Å². The van der Waals surface area contributed by atoms with Crippen LogP contribution < -0.4 is 9.64 Å². The van der Waals surface area contributed by atoms with Gasteiger partial charge in [0.25, 0.3) is 0 Å². The number of para-hydroxylation sites is 2. The van der Waals surface area contributed by atoms with Gasteiger partial charge < -0.3 is 14.5 Å². The Morgan fingerprint density at radius 2 is 1.53 bits per heavy atom. The van der Waals surface area contributed by atoms with Crippen LogP contribution in [0.4, 0.5) is 5.69 Å². The number of rotatable bonds is 8. The molecule has 32 heavy (non-hydrogen) atoms. The van der Waals surface area contributed by atoms with E-state index >= 15 is 0 Å². The third kappa shape index (κ3) is 6.26. The summed E-state index contributed by atoms with van der Waals surface area (Å²) in [4.78, 5) is 19.7. The van der Waals surface area contributed by atoms with E-state index in [0.29, 0.717) is 24.3 Å². The molecule has 2 saturated heterocycles. The van der Waals surface area contributed by atoms with Gasteiger partial charge in [-0.2, -0.15) is 0 Å². The Labute approximate surface area is 193 Å². The lowest BCUT2D eigenvalue weighted by molar-refractivity contribution is -0.131. The van der Waals surface area contributed by atoms with E-state index in [1.54, 1.807) is 0 Å². The Bertz CT molecular complexity index is 813. The number of ether oxygens (including phenoxy) is 1. The van der Waals surface area contributed by atoms with Crippen LogP contribution in [-0.2, 0) is 4.79 Å². The van der Waals surface area contributed by atoms with Gasteiger partial charge in [0, 0.05) is 44.3 Å². The van der Waals surface area contributed by atoms with Gasteiger partial charge in [-0.25, -0.2) is 0 Å². The summed E-state index contributed by atoms with van der Waals surface area (Å²) >= 11 is 0. The summed E-state index contributed by atoms with van der Waals surface area (Å²) in [6.07, 6.45) is 4.10. The van der Waals surface area contributed by atoms with Crippen molar-refractivity contribution in [2.45, 2.75) is 38.6 Å². The Hall–Kier alpha value is -2.53. The van der Waals surface area contributed by atoms with Crippen LogP contribution in [0.5, 0.6) is 5.75 Å². The first kappa shape index (κ1) is 22.7. The molecule has 5 nitrogen and oxygen atoms in total. The number of piperazine rings is 1. The normalized spacial score (nSPS) is 19.0. The zero-order chi connectivity index (χ0) is 22.2. The standard InChI is InChI=1S/C27H37N3O2/c1-23(22-32-26-10-6-3-7-11-26)28-16-14-24(15-17-28)12-13-27(31)30-20-18-29(19-21-30)25-8-4-2-5-9-25/h2-11,23-24H,12-22H2,1H3/t23-/m0/s1. The second-order valence-corrected chi connectivity index (χ2v) is 9.19.